The normalized spacial score (nSPS) is 27.8. The van der Waals surface area contributed by atoms with Crippen molar-refractivity contribution in [3.8, 4) is 5.88 Å². The number of aryl methyl sites for hydroxylation is 1. The fraction of sp³-hybridized carbons (Fsp3) is 0.682. The minimum atomic E-state index is 0.216. The molecule has 0 N–H and O–H groups in total. The summed E-state index contributed by atoms with van der Waals surface area (Å²) in [5.74, 6) is 1.28. The summed E-state index contributed by atoms with van der Waals surface area (Å²) < 4.78 is 12.0. The van der Waals surface area contributed by atoms with E-state index in [2.05, 4.69) is 14.9 Å². The second-order valence-electron chi connectivity index (χ2n) is 8.64. The van der Waals surface area contributed by atoms with Gasteiger partial charge in [0.2, 0.25) is 5.88 Å². The van der Waals surface area contributed by atoms with E-state index in [1.165, 1.54) is 23.3 Å². The van der Waals surface area contributed by atoms with Crippen LogP contribution in [0.5, 0.6) is 5.88 Å². The van der Waals surface area contributed by atoms with Gasteiger partial charge in [0.1, 0.15) is 23.0 Å². The quantitative estimate of drug-likeness (QED) is 0.742. The van der Waals surface area contributed by atoms with Gasteiger partial charge in [-0.2, -0.15) is 0 Å². The summed E-state index contributed by atoms with van der Waals surface area (Å²) >= 11 is 1.75. The van der Waals surface area contributed by atoms with Crippen molar-refractivity contribution in [2.45, 2.75) is 69.9 Å². The van der Waals surface area contributed by atoms with Crippen molar-refractivity contribution in [2.75, 3.05) is 26.3 Å². The van der Waals surface area contributed by atoms with Gasteiger partial charge in [-0.15, -0.1) is 11.3 Å². The Labute approximate surface area is 175 Å². The first-order valence-corrected chi connectivity index (χ1v) is 11.7. The number of carbonyl (C=O) groups excluding carboxylic acids is 1. The Bertz CT molecular complexity index is 885. The van der Waals surface area contributed by atoms with E-state index in [4.69, 9.17) is 9.47 Å². The van der Waals surface area contributed by atoms with Gasteiger partial charge in [-0.05, 0) is 56.9 Å². The van der Waals surface area contributed by atoms with Crippen molar-refractivity contribution in [1.82, 2.24) is 14.9 Å². The molecule has 2 aliphatic carbocycles. The third-order valence-corrected chi connectivity index (χ3v) is 7.89. The van der Waals surface area contributed by atoms with E-state index in [0.29, 0.717) is 18.4 Å². The number of hydrogen-bond acceptors (Lipinski definition) is 7. The van der Waals surface area contributed by atoms with Crippen molar-refractivity contribution < 1.29 is 14.3 Å². The zero-order valence-corrected chi connectivity index (χ0v) is 17.9. The molecule has 0 aromatic carbocycles. The van der Waals surface area contributed by atoms with Gasteiger partial charge in [0.05, 0.1) is 18.6 Å². The second-order valence-corrected chi connectivity index (χ2v) is 9.72. The monoisotopic (exact) mass is 415 g/mol. The molecule has 29 heavy (non-hydrogen) atoms. The number of fused-ring (bicyclic) bond motifs is 3. The summed E-state index contributed by atoms with van der Waals surface area (Å²) in [6, 6.07) is 0.662. The van der Waals surface area contributed by atoms with Gasteiger partial charge in [-0.3, -0.25) is 4.90 Å². The zero-order chi connectivity index (χ0) is 19.8. The van der Waals surface area contributed by atoms with E-state index in [1.807, 2.05) is 0 Å². The molecule has 3 heterocycles. The molecule has 2 aromatic heterocycles. The highest BCUT2D eigenvalue weighted by atomic mass is 32.1. The standard InChI is InChI=1S/C22H29N3O3S/c1-14(26)12-15-2-7-18-19(15)20-21(23-13-24-22(20)29-18)28-17-5-3-16(4-6-17)25-8-10-27-11-9-25/h13,15-17H,2-12H2,1H3/t15-,16?,17?/m1/s1. The zero-order valence-electron chi connectivity index (χ0n) is 17.1. The lowest BCUT2D eigenvalue weighted by Gasteiger charge is -2.38. The van der Waals surface area contributed by atoms with E-state index in [0.717, 1.165) is 68.1 Å². The first-order valence-electron chi connectivity index (χ1n) is 10.9. The maximum atomic E-state index is 11.8. The van der Waals surface area contributed by atoms with E-state index in [9.17, 15) is 4.79 Å². The van der Waals surface area contributed by atoms with Crippen LogP contribution < -0.4 is 4.74 Å². The molecule has 5 rings (SSSR count). The molecule has 1 saturated carbocycles. The average Bonchev–Trinajstić information content (AvgIpc) is 3.29. The molecular weight excluding hydrogens is 386 g/mol. The van der Waals surface area contributed by atoms with Gasteiger partial charge in [0.25, 0.3) is 0 Å². The number of rotatable bonds is 5. The predicted octanol–water partition coefficient (Wildman–Crippen LogP) is 3.72. The van der Waals surface area contributed by atoms with Crippen LogP contribution in [0.25, 0.3) is 10.2 Å². The molecular formula is C22H29N3O3S. The molecule has 0 bridgehead atoms. The van der Waals surface area contributed by atoms with Gasteiger partial charge in [-0.1, -0.05) is 0 Å². The number of morpholine rings is 1. The molecule has 2 aromatic rings. The molecule has 1 aliphatic heterocycles. The number of nitrogens with zero attached hydrogens (tertiary/aromatic N) is 3. The number of thiophene rings is 1. The lowest BCUT2D eigenvalue weighted by atomic mass is 9.91. The highest BCUT2D eigenvalue weighted by Crippen LogP contribution is 2.47. The average molecular weight is 416 g/mol. The summed E-state index contributed by atoms with van der Waals surface area (Å²) in [5.41, 5.74) is 1.29. The van der Waals surface area contributed by atoms with E-state index in [1.54, 1.807) is 24.6 Å². The Hall–Kier alpha value is -1.57. The third-order valence-electron chi connectivity index (χ3n) is 6.71. The van der Waals surface area contributed by atoms with Crippen LogP contribution in [0, 0.1) is 0 Å². The molecule has 156 valence electrons. The third kappa shape index (κ3) is 3.92. The topological polar surface area (TPSA) is 64.5 Å². The molecule has 1 atom stereocenters. The molecule has 7 heteroatoms. The molecule has 0 spiro atoms. The molecule has 3 aliphatic rings. The SMILES string of the molecule is CC(=O)C[C@H]1CCc2sc3ncnc(OC4CCC(N5CCOCC5)CC4)c3c21. The first kappa shape index (κ1) is 19.4. The van der Waals surface area contributed by atoms with Crippen molar-refractivity contribution >= 4 is 27.3 Å². The predicted molar refractivity (Wildman–Crippen MR) is 113 cm³/mol. The van der Waals surface area contributed by atoms with Crippen molar-refractivity contribution in [1.29, 1.82) is 0 Å². The summed E-state index contributed by atoms with van der Waals surface area (Å²) in [6.07, 6.45) is 9.03. The highest BCUT2D eigenvalue weighted by molar-refractivity contribution is 7.19. The number of ketones is 1. The summed E-state index contributed by atoms with van der Waals surface area (Å²) in [7, 11) is 0. The minimum absolute atomic E-state index is 0.216. The van der Waals surface area contributed by atoms with Crippen molar-refractivity contribution in [3.63, 3.8) is 0 Å². The van der Waals surface area contributed by atoms with Crippen LogP contribution >= 0.6 is 11.3 Å². The summed E-state index contributed by atoms with van der Waals surface area (Å²) in [5, 5.41) is 1.08. The first-order chi connectivity index (χ1) is 14.2. The fourth-order valence-corrected chi connectivity index (χ4v) is 6.54. The molecule has 2 fully saturated rings. The number of hydrogen-bond donors (Lipinski definition) is 0. The highest BCUT2D eigenvalue weighted by Gasteiger charge is 2.32. The molecule has 0 amide bonds. The summed E-state index contributed by atoms with van der Waals surface area (Å²) in [4.78, 5) is 25.8. The molecule has 6 nitrogen and oxygen atoms in total. The Morgan fingerprint density at radius 3 is 2.76 bits per heavy atom. The van der Waals surface area contributed by atoms with Crippen molar-refractivity contribution in [3.05, 3.63) is 16.8 Å². The Morgan fingerprint density at radius 1 is 1.21 bits per heavy atom. The number of carbonyl (C=O) groups is 1. The van der Waals surface area contributed by atoms with Crippen LogP contribution in [0.4, 0.5) is 0 Å². The van der Waals surface area contributed by atoms with Crippen LogP contribution in [0.3, 0.4) is 0 Å². The Kier molecular flexibility index (Phi) is 5.54. The number of Topliss-reactive ketones (excluding diaryl/α,β-unsaturated/α-hetero) is 1. The molecule has 0 unspecified atom stereocenters. The van der Waals surface area contributed by atoms with E-state index < -0.39 is 0 Å². The van der Waals surface area contributed by atoms with Gasteiger partial charge in [0, 0.05) is 30.4 Å². The smallest absolute Gasteiger partial charge is 0.225 e. The minimum Gasteiger partial charge on any atom is -0.474 e. The largest absolute Gasteiger partial charge is 0.474 e. The van der Waals surface area contributed by atoms with Crippen LogP contribution in [0.15, 0.2) is 6.33 Å². The number of ether oxygens (including phenoxy) is 2. The van der Waals surface area contributed by atoms with E-state index >= 15 is 0 Å². The van der Waals surface area contributed by atoms with Crippen molar-refractivity contribution in [2.24, 2.45) is 0 Å². The summed E-state index contributed by atoms with van der Waals surface area (Å²) in [6.45, 7) is 5.52. The van der Waals surface area contributed by atoms with Crippen LogP contribution in [0.2, 0.25) is 0 Å². The number of aromatic nitrogens is 2. The van der Waals surface area contributed by atoms with Crippen LogP contribution in [0.1, 0.15) is 61.8 Å². The van der Waals surface area contributed by atoms with Gasteiger partial charge >= 0.3 is 0 Å². The van der Waals surface area contributed by atoms with Crippen LogP contribution in [-0.4, -0.2) is 59.1 Å². The Balaban J connectivity index is 1.32. The van der Waals surface area contributed by atoms with Gasteiger partial charge < -0.3 is 14.3 Å². The lowest BCUT2D eigenvalue weighted by molar-refractivity contribution is -0.117. The molecule has 1 saturated heterocycles. The maximum absolute atomic E-state index is 11.8. The van der Waals surface area contributed by atoms with Gasteiger partial charge in [-0.25, -0.2) is 9.97 Å². The van der Waals surface area contributed by atoms with E-state index in [-0.39, 0.29) is 11.9 Å². The lowest BCUT2D eigenvalue weighted by Crippen LogP contribution is -2.46. The fourth-order valence-electron chi connectivity index (χ4n) is 5.31. The maximum Gasteiger partial charge on any atom is 0.225 e. The Morgan fingerprint density at radius 2 is 2.00 bits per heavy atom. The van der Waals surface area contributed by atoms with Crippen LogP contribution in [-0.2, 0) is 16.0 Å². The van der Waals surface area contributed by atoms with Gasteiger partial charge in [0.15, 0.2) is 0 Å². The molecule has 0 radical (unpaired) electrons. The second kappa shape index (κ2) is 8.28.